The highest BCUT2D eigenvalue weighted by atomic mass is 35.5. The van der Waals surface area contributed by atoms with Crippen LogP contribution < -0.4 is 10.9 Å². The number of halogens is 2. The van der Waals surface area contributed by atoms with Gasteiger partial charge in [-0.15, -0.1) is 0 Å². The van der Waals surface area contributed by atoms with E-state index in [1.807, 2.05) is 25.1 Å². The minimum atomic E-state index is -0.301. The van der Waals surface area contributed by atoms with E-state index < -0.39 is 0 Å². The Balaban J connectivity index is 1.69. The fourth-order valence-corrected chi connectivity index (χ4v) is 3.05. The van der Waals surface area contributed by atoms with Crippen LogP contribution in [0.25, 0.3) is 16.7 Å². The number of nitrogens with one attached hydrogen (secondary N) is 2. The molecule has 27 heavy (non-hydrogen) atoms. The minimum absolute atomic E-state index is 0.202. The molecule has 0 aliphatic carbocycles. The molecule has 2 aromatic carbocycles. The van der Waals surface area contributed by atoms with Crippen LogP contribution >= 0.6 is 11.6 Å². The van der Waals surface area contributed by atoms with Crippen molar-refractivity contribution in [3.05, 3.63) is 87.0 Å². The van der Waals surface area contributed by atoms with Gasteiger partial charge in [0.05, 0.1) is 11.4 Å². The van der Waals surface area contributed by atoms with Gasteiger partial charge in [0.2, 0.25) is 0 Å². The van der Waals surface area contributed by atoms with Gasteiger partial charge in [0.1, 0.15) is 11.5 Å². The molecular formula is C20H16ClFN4O. The number of aryl methyl sites for hydroxylation is 1. The number of benzene rings is 2. The third kappa shape index (κ3) is 3.44. The van der Waals surface area contributed by atoms with E-state index in [0.717, 1.165) is 22.5 Å². The fourth-order valence-electron chi connectivity index (χ4n) is 2.93. The van der Waals surface area contributed by atoms with E-state index >= 15 is 0 Å². The maximum atomic E-state index is 13.0. The summed E-state index contributed by atoms with van der Waals surface area (Å²) in [6.45, 7) is 2.21. The number of hydrogen-bond acceptors (Lipinski definition) is 3. The first-order valence-corrected chi connectivity index (χ1v) is 8.76. The van der Waals surface area contributed by atoms with E-state index in [-0.39, 0.29) is 11.4 Å². The predicted octanol–water partition coefficient (Wildman–Crippen LogP) is 4.43. The van der Waals surface area contributed by atoms with E-state index in [9.17, 15) is 9.18 Å². The highest BCUT2D eigenvalue weighted by molar-refractivity contribution is 6.30. The molecule has 2 N–H and O–H groups in total. The Kier molecular flexibility index (Phi) is 4.41. The second-order valence-electron chi connectivity index (χ2n) is 6.22. The zero-order chi connectivity index (χ0) is 19.0. The van der Waals surface area contributed by atoms with Crippen molar-refractivity contribution in [3.63, 3.8) is 0 Å². The predicted molar refractivity (Wildman–Crippen MR) is 105 cm³/mol. The number of pyridine rings is 1. The Morgan fingerprint density at radius 3 is 2.56 bits per heavy atom. The third-order valence-electron chi connectivity index (χ3n) is 4.35. The number of fused-ring (bicyclic) bond motifs is 1. The summed E-state index contributed by atoms with van der Waals surface area (Å²) in [4.78, 5) is 15.5. The van der Waals surface area contributed by atoms with E-state index in [4.69, 9.17) is 11.6 Å². The lowest BCUT2D eigenvalue weighted by molar-refractivity contribution is 0.628. The molecule has 0 aliphatic rings. The zero-order valence-electron chi connectivity index (χ0n) is 14.5. The highest BCUT2D eigenvalue weighted by Crippen LogP contribution is 2.21. The van der Waals surface area contributed by atoms with Crippen molar-refractivity contribution in [2.75, 3.05) is 5.32 Å². The summed E-state index contributed by atoms with van der Waals surface area (Å²) < 4.78 is 14.7. The van der Waals surface area contributed by atoms with Gasteiger partial charge in [-0.2, -0.15) is 5.10 Å². The van der Waals surface area contributed by atoms with Gasteiger partial charge in [0, 0.05) is 28.2 Å². The van der Waals surface area contributed by atoms with E-state index in [1.165, 1.54) is 12.1 Å². The molecule has 0 amide bonds. The highest BCUT2D eigenvalue weighted by Gasteiger charge is 2.13. The summed E-state index contributed by atoms with van der Waals surface area (Å²) in [7, 11) is 0. The monoisotopic (exact) mass is 382 g/mol. The Hall–Kier alpha value is -3.12. The fraction of sp³-hybridized carbons (Fsp3) is 0.100. The Morgan fingerprint density at radius 2 is 1.85 bits per heavy atom. The molecule has 0 bridgehead atoms. The summed E-state index contributed by atoms with van der Waals surface area (Å²) in [5.41, 5.74) is 3.36. The molecule has 5 nitrogen and oxygen atoms in total. The van der Waals surface area contributed by atoms with Crippen molar-refractivity contribution < 1.29 is 4.39 Å². The van der Waals surface area contributed by atoms with Crippen LogP contribution in [0.3, 0.4) is 0 Å². The van der Waals surface area contributed by atoms with Gasteiger partial charge in [-0.1, -0.05) is 11.6 Å². The molecule has 0 saturated heterocycles. The molecule has 0 fully saturated rings. The van der Waals surface area contributed by atoms with Crippen molar-refractivity contribution in [1.29, 1.82) is 0 Å². The Bertz CT molecular complexity index is 1160. The van der Waals surface area contributed by atoms with Gasteiger partial charge in [0.25, 0.3) is 5.56 Å². The second-order valence-corrected chi connectivity index (χ2v) is 6.66. The summed E-state index contributed by atoms with van der Waals surface area (Å²) in [5, 5.41) is 9.17. The lowest BCUT2D eigenvalue weighted by atomic mass is 10.2. The molecular weight excluding hydrogens is 367 g/mol. The van der Waals surface area contributed by atoms with Crippen LogP contribution in [0.2, 0.25) is 5.02 Å². The standard InChI is InChI=1S/C20H16ClFN4O/c1-12-18-10-13(11-23-16-6-4-15(22)5-7-16)20(27)24-19(18)26(25-12)17-8-2-14(21)3-9-17/h2-10,23H,11H2,1H3,(H,24,27). The molecule has 0 aliphatic heterocycles. The number of hydrogen-bond donors (Lipinski definition) is 2. The lowest BCUT2D eigenvalue weighted by Gasteiger charge is -2.07. The molecule has 4 aromatic rings. The molecule has 0 radical (unpaired) electrons. The SMILES string of the molecule is Cc1nn(-c2ccc(Cl)cc2)c2[nH]c(=O)c(CNc3ccc(F)cc3)cc12. The molecule has 0 saturated carbocycles. The summed E-state index contributed by atoms with van der Waals surface area (Å²) in [6.07, 6.45) is 0. The smallest absolute Gasteiger partial charge is 0.254 e. The van der Waals surface area contributed by atoms with E-state index in [1.54, 1.807) is 28.9 Å². The van der Waals surface area contributed by atoms with Crippen LogP contribution in [0.5, 0.6) is 0 Å². The molecule has 0 unspecified atom stereocenters. The molecule has 136 valence electrons. The maximum absolute atomic E-state index is 13.0. The summed E-state index contributed by atoms with van der Waals surface area (Å²) in [6, 6.07) is 15.1. The number of H-pyrrole nitrogens is 1. The van der Waals surface area contributed by atoms with E-state index in [2.05, 4.69) is 15.4 Å². The average Bonchev–Trinajstić information content (AvgIpc) is 2.97. The normalized spacial score (nSPS) is 11.1. The molecule has 2 heterocycles. The molecule has 0 spiro atoms. The van der Waals surface area contributed by atoms with Gasteiger partial charge >= 0.3 is 0 Å². The average molecular weight is 383 g/mol. The van der Waals surface area contributed by atoms with Crippen molar-refractivity contribution in [2.45, 2.75) is 13.5 Å². The number of nitrogens with zero attached hydrogens (tertiary/aromatic N) is 2. The first kappa shape index (κ1) is 17.3. The van der Waals surface area contributed by atoms with Crippen molar-refractivity contribution in [3.8, 4) is 5.69 Å². The van der Waals surface area contributed by atoms with Gasteiger partial charge in [-0.05, 0) is 61.5 Å². The molecule has 0 atom stereocenters. The number of aromatic nitrogens is 3. The zero-order valence-corrected chi connectivity index (χ0v) is 15.2. The van der Waals surface area contributed by atoms with Crippen LogP contribution in [0, 0.1) is 12.7 Å². The number of rotatable bonds is 4. The Labute approximate surface area is 159 Å². The van der Waals surface area contributed by atoms with Crippen LogP contribution in [0.15, 0.2) is 59.4 Å². The molecule has 2 aromatic heterocycles. The number of anilines is 1. The van der Waals surface area contributed by atoms with Crippen molar-refractivity contribution >= 4 is 28.3 Å². The summed E-state index contributed by atoms with van der Waals surface area (Å²) in [5.74, 6) is -0.301. The second kappa shape index (κ2) is 6.89. The third-order valence-corrected chi connectivity index (χ3v) is 4.60. The van der Waals surface area contributed by atoms with Gasteiger partial charge in [-0.25, -0.2) is 9.07 Å². The van der Waals surface area contributed by atoms with Crippen LogP contribution in [0.4, 0.5) is 10.1 Å². The van der Waals surface area contributed by atoms with E-state index in [0.29, 0.717) is 22.8 Å². The van der Waals surface area contributed by atoms with Crippen molar-refractivity contribution in [2.24, 2.45) is 0 Å². The minimum Gasteiger partial charge on any atom is -0.381 e. The van der Waals surface area contributed by atoms with Crippen LogP contribution in [-0.4, -0.2) is 14.8 Å². The largest absolute Gasteiger partial charge is 0.381 e. The topological polar surface area (TPSA) is 62.7 Å². The lowest BCUT2D eigenvalue weighted by Crippen LogP contribution is -2.16. The summed E-state index contributed by atoms with van der Waals surface area (Å²) >= 11 is 5.95. The first-order valence-electron chi connectivity index (χ1n) is 8.38. The van der Waals surface area contributed by atoms with Crippen molar-refractivity contribution in [1.82, 2.24) is 14.8 Å². The first-order chi connectivity index (χ1) is 13.0. The van der Waals surface area contributed by atoms with Gasteiger partial charge in [0.15, 0.2) is 0 Å². The van der Waals surface area contributed by atoms with Crippen LogP contribution in [-0.2, 0) is 6.54 Å². The van der Waals surface area contributed by atoms with Crippen LogP contribution in [0.1, 0.15) is 11.3 Å². The van der Waals surface area contributed by atoms with Gasteiger partial charge in [-0.3, -0.25) is 4.79 Å². The number of aromatic amines is 1. The molecule has 7 heteroatoms. The maximum Gasteiger partial charge on any atom is 0.254 e. The molecule has 4 rings (SSSR count). The Morgan fingerprint density at radius 1 is 1.15 bits per heavy atom. The quantitative estimate of drug-likeness (QED) is 0.549. The van der Waals surface area contributed by atoms with Gasteiger partial charge < -0.3 is 10.3 Å².